The molecule has 0 amide bonds. The molecular formula is C70H90O8. The quantitative estimate of drug-likeness (QED) is 0.0223. The van der Waals surface area contributed by atoms with Gasteiger partial charge in [-0.1, -0.05) is 110 Å². The van der Waals surface area contributed by atoms with Crippen molar-refractivity contribution < 1.29 is 38.0 Å². The fraction of sp³-hybridized carbons (Fsp3) is 0.486. The second-order valence-corrected chi connectivity index (χ2v) is 21.8. The van der Waals surface area contributed by atoms with Gasteiger partial charge in [-0.15, -0.1) is 0 Å². The van der Waals surface area contributed by atoms with Crippen LogP contribution in [0.1, 0.15) is 163 Å². The number of hydrogen-bond acceptors (Lipinski definition) is 8. The van der Waals surface area contributed by atoms with Crippen LogP contribution in [-0.2, 0) is 41.4 Å². The number of ether oxygens (including phenoxy) is 6. The summed E-state index contributed by atoms with van der Waals surface area (Å²) in [7, 11) is 0. The number of rotatable bonds is 36. The molecule has 5 aromatic carbocycles. The zero-order chi connectivity index (χ0) is 54.2. The lowest BCUT2D eigenvalue weighted by atomic mass is 9.77. The van der Waals surface area contributed by atoms with E-state index in [0.29, 0.717) is 38.3 Å². The molecule has 0 aliphatic heterocycles. The number of carbonyl (C=O) groups is 2. The van der Waals surface area contributed by atoms with Gasteiger partial charge in [0.15, 0.2) is 0 Å². The van der Waals surface area contributed by atoms with Gasteiger partial charge in [-0.3, -0.25) is 0 Å². The first kappa shape index (κ1) is 59.7. The van der Waals surface area contributed by atoms with E-state index in [4.69, 9.17) is 28.4 Å². The van der Waals surface area contributed by atoms with Gasteiger partial charge in [0.1, 0.15) is 11.5 Å². The molecule has 418 valence electrons. The van der Waals surface area contributed by atoms with Gasteiger partial charge in [0.05, 0.1) is 39.6 Å². The zero-order valence-electron chi connectivity index (χ0n) is 46.9. The highest BCUT2D eigenvalue weighted by Gasteiger charge is 2.24. The monoisotopic (exact) mass is 1060 g/mol. The Morgan fingerprint density at radius 3 is 1.09 bits per heavy atom. The molecule has 0 atom stereocenters. The third kappa shape index (κ3) is 21.4. The number of benzene rings is 5. The van der Waals surface area contributed by atoms with E-state index < -0.39 is 0 Å². The van der Waals surface area contributed by atoms with Crippen LogP contribution in [-0.4, -0.2) is 64.8 Å². The second kappa shape index (κ2) is 34.8. The van der Waals surface area contributed by atoms with E-state index in [2.05, 4.69) is 134 Å². The number of unbranched alkanes of at least 4 members (excludes halogenated alkanes) is 6. The van der Waals surface area contributed by atoms with Crippen molar-refractivity contribution in [2.75, 3.05) is 52.9 Å². The predicted octanol–water partition coefficient (Wildman–Crippen LogP) is 17.0. The lowest BCUT2D eigenvalue weighted by Crippen LogP contribution is -2.14. The van der Waals surface area contributed by atoms with Crippen molar-refractivity contribution >= 4 is 11.9 Å². The third-order valence-electron chi connectivity index (χ3n) is 16.2. The third-order valence-corrected chi connectivity index (χ3v) is 16.2. The normalized spacial score (nSPS) is 17.2. The van der Waals surface area contributed by atoms with E-state index in [1.165, 1.54) is 121 Å². The summed E-state index contributed by atoms with van der Waals surface area (Å²) < 4.78 is 34.4. The highest BCUT2D eigenvalue weighted by Crippen LogP contribution is 2.40. The molecule has 5 aromatic rings. The minimum absolute atomic E-state index is 0.353. The lowest BCUT2D eigenvalue weighted by molar-refractivity contribution is -0.138. The molecule has 0 unspecified atom stereocenters. The Morgan fingerprint density at radius 1 is 0.385 bits per heavy atom. The summed E-state index contributed by atoms with van der Waals surface area (Å²) in [5.41, 5.74) is 10.7. The molecule has 8 heteroatoms. The fourth-order valence-corrected chi connectivity index (χ4v) is 11.5. The van der Waals surface area contributed by atoms with Crippen LogP contribution in [0.4, 0.5) is 0 Å². The molecule has 2 saturated carbocycles. The maximum absolute atomic E-state index is 11.1. The Balaban J connectivity index is 0.675. The van der Waals surface area contributed by atoms with Gasteiger partial charge in [0, 0.05) is 25.4 Å². The molecule has 78 heavy (non-hydrogen) atoms. The zero-order valence-corrected chi connectivity index (χ0v) is 46.9. The van der Waals surface area contributed by atoms with Crippen molar-refractivity contribution in [3.63, 3.8) is 0 Å². The van der Waals surface area contributed by atoms with Crippen LogP contribution >= 0.6 is 0 Å². The topological polar surface area (TPSA) is 89.5 Å². The lowest BCUT2D eigenvalue weighted by Gasteiger charge is -2.29. The van der Waals surface area contributed by atoms with E-state index in [1.54, 1.807) is 0 Å². The van der Waals surface area contributed by atoms with E-state index in [9.17, 15) is 9.59 Å². The first-order chi connectivity index (χ1) is 38.4. The van der Waals surface area contributed by atoms with E-state index >= 15 is 0 Å². The van der Waals surface area contributed by atoms with Gasteiger partial charge in [-0.2, -0.15) is 0 Å². The molecule has 8 nitrogen and oxygen atoms in total. The molecule has 0 spiro atoms. The molecule has 0 heterocycles. The molecule has 2 fully saturated rings. The van der Waals surface area contributed by atoms with Gasteiger partial charge in [-0.05, 0) is 234 Å². The van der Waals surface area contributed by atoms with Crippen LogP contribution in [0.25, 0.3) is 22.3 Å². The minimum atomic E-state index is -0.353. The summed E-state index contributed by atoms with van der Waals surface area (Å²) in [5.74, 6) is 4.04. The van der Waals surface area contributed by atoms with Crippen molar-refractivity contribution in [1.82, 2.24) is 0 Å². The van der Waals surface area contributed by atoms with Crippen molar-refractivity contribution in [2.45, 2.75) is 153 Å². The van der Waals surface area contributed by atoms with Gasteiger partial charge < -0.3 is 28.4 Å². The molecule has 2 aliphatic rings. The molecule has 0 saturated heterocycles. The van der Waals surface area contributed by atoms with Crippen LogP contribution in [0.5, 0.6) is 11.5 Å². The van der Waals surface area contributed by atoms with Crippen LogP contribution in [0.15, 0.2) is 147 Å². The Morgan fingerprint density at radius 2 is 0.731 bits per heavy atom. The molecule has 0 aromatic heterocycles. The average Bonchev–Trinajstić information content (AvgIpc) is 3.50. The number of carbonyl (C=O) groups excluding carboxylic acids is 2. The molecule has 0 radical (unpaired) electrons. The van der Waals surface area contributed by atoms with Gasteiger partial charge >= 0.3 is 11.9 Å². The highest BCUT2D eigenvalue weighted by atomic mass is 16.5. The summed E-state index contributed by atoms with van der Waals surface area (Å²) in [6.07, 6.45) is 27.3. The SMILES string of the molecule is C=CC(=O)OCCCCCCOc1ccc(-c2ccc(C3CCC(CCCOCCc4ccccc4CCOCCCC4CCC(c5ccc(-c6ccc(OCCCCCCOC(=O)C=C)cc6)cc5)CC4)CC3)cc2)cc1. The van der Waals surface area contributed by atoms with Gasteiger partial charge in [-0.25, -0.2) is 9.59 Å². The van der Waals surface area contributed by atoms with Gasteiger partial charge in [0.2, 0.25) is 0 Å². The summed E-state index contributed by atoms with van der Waals surface area (Å²) >= 11 is 0. The average molecular weight is 1060 g/mol. The summed E-state index contributed by atoms with van der Waals surface area (Å²) in [6, 6.07) is 44.3. The smallest absolute Gasteiger partial charge is 0.330 e. The summed E-state index contributed by atoms with van der Waals surface area (Å²) in [5, 5.41) is 0. The standard InChI is InChI=1S/C70H90O8/c1-3-69(71)77-51-13-7-5-11-49-75-67-41-37-65(38-42-67)63-33-29-61(30-34-63)59-25-21-55(22-26-59)17-15-47-73-53-45-57-19-9-10-20-58(57)46-54-74-48-16-18-56-23-27-60(28-24-56)62-31-35-64(36-32-62)66-39-43-68(44-40-66)76-50-12-6-8-14-52-78-70(72)4-2/h3-4,9-10,19-20,29-44,55-56,59-60H,1-2,5-8,11-18,21-28,45-54H2. The number of esters is 2. The van der Waals surface area contributed by atoms with E-state index in [0.717, 1.165) is 127 Å². The first-order valence-corrected chi connectivity index (χ1v) is 29.9. The Labute approximate surface area is 468 Å². The Hall–Kier alpha value is -5.96. The van der Waals surface area contributed by atoms with Crippen molar-refractivity contribution in [2.24, 2.45) is 11.8 Å². The van der Waals surface area contributed by atoms with Crippen LogP contribution in [0, 0.1) is 11.8 Å². The predicted molar refractivity (Wildman–Crippen MR) is 317 cm³/mol. The highest BCUT2D eigenvalue weighted by molar-refractivity contribution is 5.81. The van der Waals surface area contributed by atoms with Crippen molar-refractivity contribution in [1.29, 1.82) is 0 Å². The van der Waals surface area contributed by atoms with Crippen LogP contribution in [0.2, 0.25) is 0 Å². The molecule has 0 bridgehead atoms. The Kier molecular flexibility index (Phi) is 26.7. The van der Waals surface area contributed by atoms with Crippen molar-refractivity contribution in [3.8, 4) is 33.8 Å². The Bertz CT molecular complexity index is 2290. The molecule has 2 aliphatic carbocycles. The largest absolute Gasteiger partial charge is 0.494 e. The van der Waals surface area contributed by atoms with Gasteiger partial charge in [0.25, 0.3) is 0 Å². The molecule has 7 rings (SSSR count). The maximum atomic E-state index is 11.1. The van der Waals surface area contributed by atoms with E-state index in [-0.39, 0.29) is 11.9 Å². The first-order valence-electron chi connectivity index (χ1n) is 29.9. The van der Waals surface area contributed by atoms with E-state index in [1.807, 2.05) is 0 Å². The number of hydrogen-bond donors (Lipinski definition) is 0. The fourth-order valence-electron chi connectivity index (χ4n) is 11.5. The van der Waals surface area contributed by atoms with Crippen LogP contribution < -0.4 is 9.47 Å². The van der Waals surface area contributed by atoms with Crippen LogP contribution in [0.3, 0.4) is 0 Å². The second-order valence-electron chi connectivity index (χ2n) is 21.8. The maximum Gasteiger partial charge on any atom is 0.330 e. The molecule has 0 N–H and O–H groups in total. The molecular weight excluding hydrogens is 969 g/mol. The summed E-state index contributed by atoms with van der Waals surface area (Å²) in [4.78, 5) is 22.2. The van der Waals surface area contributed by atoms with Crippen molar-refractivity contribution in [3.05, 3.63) is 169 Å². The summed E-state index contributed by atoms with van der Waals surface area (Å²) in [6.45, 7) is 12.4. The minimum Gasteiger partial charge on any atom is -0.494 e.